The second-order valence-corrected chi connectivity index (χ2v) is 7.64. The topological polar surface area (TPSA) is 84.9 Å². The van der Waals surface area contributed by atoms with E-state index in [-0.39, 0.29) is 11.6 Å². The third-order valence-corrected chi connectivity index (χ3v) is 5.53. The van der Waals surface area contributed by atoms with E-state index in [9.17, 15) is 14.4 Å². The van der Waals surface area contributed by atoms with Crippen LogP contribution >= 0.6 is 15.9 Å². The quantitative estimate of drug-likeness (QED) is 0.378. The molecule has 7 nitrogen and oxygen atoms in total. The molecule has 29 heavy (non-hydrogen) atoms. The van der Waals surface area contributed by atoms with Crippen molar-refractivity contribution >= 4 is 39.9 Å². The minimum absolute atomic E-state index is 0.0839. The van der Waals surface area contributed by atoms with Crippen LogP contribution in [0, 0.1) is 0 Å². The Morgan fingerprint density at radius 2 is 1.90 bits per heavy atom. The van der Waals surface area contributed by atoms with Crippen LogP contribution in [0.4, 0.5) is 4.79 Å². The van der Waals surface area contributed by atoms with Crippen molar-refractivity contribution in [3.8, 4) is 11.5 Å². The molecule has 1 aliphatic heterocycles. The van der Waals surface area contributed by atoms with Crippen LogP contribution in [0.1, 0.15) is 38.2 Å². The summed E-state index contributed by atoms with van der Waals surface area (Å²) in [7, 11) is 0. The number of hydrogen-bond acceptors (Lipinski definition) is 5. The largest absolute Gasteiger partial charge is 0.490 e. The van der Waals surface area contributed by atoms with Crippen LogP contribution in [0.5, 0.6) is 11.5 Å². The highest BCUT2D eigenvalue weighted by atomic mass is 79.9. The molecule has 1 aromatic rings. The molecule has 0 radical (unpaired) electrons. The molecule has 8 heteroatoms. The molecular formula is C21H23BrN2O5. The predicted molar refractivity (Wildman–Crippen MR) is 112 cm³/mol. The number of amides is 4. The van der Waals surface area contributed by atoms with E-state index in [1.165, 1.54) is 11.0 Å². The Hall–Kier alpha value is -2.61. The van der Waals surface area contributed by atoms with Crippen LogP contribution in [-0.4, -0.2) is 42.0 Å². The molecule has 4 amide bonds. The van der Waals surface area contributed by atoms with Crippen LogP contribution in [-0.2, 0) is 9.59 Å². The minimum atomic E-state index is -0.703. The van der Waals surface area contributed by atoms with E-state index in [2.05, 4.69) is 27.8 Å². The zero-order chi connectivity index (χ0) is 21.0. The number of nitrogens with zero attached hydrogens (tertiary/aromatic N) is 1. The summed E-state index contributed by atoms with van der Waals surface area (Å²) in [6.45, 7) is 6.21. The lowest BCUT2D eigenvalue weighted by Crippen LogP contribution is -2.57. The number of carbonyl (C=O) groups excluding carboxylic acids is 3. The Kier molecular flexibility index (Phi) is 6.74. The predicted octanol–water partition coefficient (Wildman–Crippen LogP) is 3.82. The Balaban J connectivity index is 1.97. The van der Waals surface area contributed by atoms with Gasteiger partial charge in [0, 0.05) is 10.5 Å². The lowest BCUT2D eigenvalue weighted by atomic mass is 10.0. The maximum Gasteiger partial charge on any atom is 0.331 e. The number of barbiturate groups is 1. The Bertz CT molecular complexity index is 874. The average Bonchev–Trinajstić information content (AvgIpc) is 3.20. The first-order chi connectivity index (χ1) is 14.0. The van der Waals surface area contributed by atoms with Gasteiger partial charge in [-0.05, 0) is 43.5 Å². The van der Waals surface area contributed by atoms with Crippen molar-refractivity contribution in [2.24, 2.45) is 0 Å². The maximum atomic E-state index is 13.0. The molecule has 0 aromatic heterocycles. The first-order valence-corrected chi connectivity index (χ1v) is 10.4. The van der Waals surface area contributed by atoms with Crippen molar-refractivity contribution in [1.82, 2.24) is 10.2 Å². The van der Waals surface area contributed by atoms with Gasteiger partial charge in [-0.3, -0.25) is 19.8 Å². The lowest BCUT2D eigenvalue weighted by Gasteiger charge is -2.31. The third-order valence-electron chi connectivity index (χ3n) is 4.84. The molecule has 1 saturated heterocycles. The second-order valence-electron chi connectivity index (χ2n) is 6.78. The number of benzene rings is 1. The first kappa shape index (κ1) is 21.1. The van der Waals surface area contributed by atoms with Crippen molar-refractivity contribution in [3.05, 3.63) is 40.4 Å². The zero-order valence-electron chi connectivity index (χ0n) is 16.2. The number of nitrogens with one attached hydrogen (secondary N) is 1. The molecule has 3 rings (SSSR count). The van der Waals surface area contributed by atoms with Gasteiger partial charge in [-0.1, -0.05) is 41.4 Å². The molecule has 1 saturated carbocycles. The summed E-state index contributed by atoms with van der Waals surface area (Å²) in [5.74, 6) is -0.270. The Morgan fingerprint density at radius 3 is 2.55 bits per heavy atom. The van der Waals surface area contributed by atoms with E-state index in [4.69, 9.17) is 9.47 Å². The minimum Gasteiger partial charge on any atom is -0.490 e. The average molecular weight is 463 g/mol. The van der Waals surface area contributed by atoms with Crippen molar-refractivity contribution in [3.63, 3.8) is 0 Å². The van der Waals surface area contributed by atoms with Crippen molar-refractivity contribution in [2.45, 2.75) is 38.6 Å². The lowest BCUT2D eigenvalue weighted by molar-refractivity contribution is -0.131. The van der Waals surface area contributed by atoms with Crippen LogP contribution in [0.15, 0.2) is 34.8 Å². The summed E-state index contributed by atoms with van der Waals surface area (Å²) in [4.78, 5) is 38.8. The summed E-state index contributed by atoms with van der Waals surface area (Å²) >= 11 is 3.45. The molecule has 1 N–H and O–H groups in total. The molecule has 2 fully saturated rings. The van der Waals surface area contributed by atoms with Gasteiger partial charge in [-0.25, -0.2) is 4.79 Å². The van der Waals surface area contributed by atoms with Crippen molar-refractivity contribution in [1.29, 1.82) is 0 Å². The number of urea groups is 1. The second kappa shape index (κ2) is 9.26. The molecule has 0 bridgehead atoms. The van der Waals surface area contributed by atoms with Gasteiger partial charge < -0.3 is 9.47 Å². The number of ether oxygens (including phenoxy) is 2. The van der Waals surface area contributed by atoms with E-state index in [1.807, 2.05) is 6.92 Å². The van der Waals surface area contributed by atoms with E-state index in [0.29, 0.717) is 34.7 Å². The highest BCUT2D eigenvalue weighted by Crippen LogP contribution is 2.35. The van der Waals surface area contributed by atoms with Gasteiger partial charge >= 0.3 is 6.03 Å². The summed E-state index contributed by atoms with van der Waals surface area (Å²) in [5, 5.41) is 2.28. The third kappa shape index (κ3) is 4.53. The van der Waals surface area contributed by atoms with E-state index >= 15 is 0 Å². The Labute approximate surface area is 177 Å². The fraction of sp³-hybridized carbons (Fsp3) is 0.381. The highest BCUT2D eigenvalue weighted by molar-refractivity contribution is 9.10. The number of imide groups is 2. The summed E-state index contributed by atoms with van der Waals surface area (Å²) < 4.78 is 11.9. The SMILES string of the molecule is C=CCOc1cc(Br)c(/C=C2\C(=O)NC(=O)N(C3CCCC3)C2=O)cc1OCC. The molecule has 1 aromatic carbocycles. The first-order valence-electron chi connectivity index (χ1n) is 9.56. The fourth-order valence-electron chi connectivity index (χ4n) is 3.51. The molecule has 0 unspecified atom stereocenters. The van der Waals surface area contributed by atoms with Gasteiger partial charge in [0.05, 0.1) is 6.61 Å². The maximum absolute atomic E-state index is 13.0. The summed E-state index contributed by atoms with van der Waals surface area (Å²) in [5.41, 5.74) is 0.484. The molecule has 1 heterocycles. The molecule has 1 aliphatic carbocycles. The van der Waals surface area contributed by atoms with Gasteiger partial charge in [0.2, 0.25) is 0 Å². The molecule has 0 atom stereocenters. The number of rotatable bonds is 7. The van der Waals surface area contributed by atoms with Crippen LogP contribution in [0.25, 0.3) is 6.08 Å². The van der Waals surface area contributed by atoms with Crippen molar-refractivity contribution < 1.29 is 23.9 Å². The molecule has 2 aliphatic rings. The number of carbonyl (C=O) groups is 3. The van der Waals surface area contributed by atoms with Crippen LogP contribution in [0.3, 0.4) is 0 Å². The zero-order valence-corrected chi connectivity index (χ0v) is 17.8. The molecular weight excluding hydrogens is 440 g/mol. The summed E-state index contributed by atoms with van der Waals surface area (Å²) in [6.07, 6.45) is 6.53. The smallest absolute Gasteiger partial charge is 0.331 e. The van der Waals surface area contributed by atoms with Gasteiger partial charge in [-0.15, -0.1) is 0 Å². The van der Waals surface area contributed by atoms with Crippen molar-refractivity contribution in [2.75, 3.05) is 13.2 Å². The van der Waals surface area contributed by atoms with Gasteiger partial charge in [0.25, 0.3) is 11.8 Å². The number of hydrogen-bond donors (Lipinski definition) is 1. The van der Waals surface area contributed by atoms with E-state index in [1.54, 1.807) is 18.2 Å². The van der Waals surface area contributed by atoms with Crippen LogP contribution in [0.2, 0.25) is 0 Å². The molecule has 0 spiro atoms. The highest BCUT2D eigenvalue weighted by Gasteiger charge is 2.40. The monoisotopic (exact) mass is 462 g/mol. The Morgan fingerprint density at radius 1 is 1.21 bits per heavy atom. The van der Waals surface area contributed by atoms with Gasteiger partial charge in [0.15, 0.2) is 11.5 Å². The summed E-state index contributed by atoms with van der Waals surface area (Å²) in [6, 6.07) is 2.59. The van der Waals surface area contributed by atoms with E-state index in [0.717, 1.165) is 25.7 Å². The number of halogens is 1. The standard InChI is InChI=1S/C21H23BrN2O5/c1-3-9-29-18-12-16(22)13(11-17(18)28-4-2)10-15-19(25)23-21(27)24(20(15)26)14-7-5-6-8-14/h3,10-12,14H,1,4-9H2,2H3,(H,23,25,27)/b15-10+. The van der Waals surface area contributed by atoms with Gasteiger partial charge in [-0.2, -0.15) is 0 Å². The normalized spacial score (nSPS) is 18.9. The fourth-order valence-corrected chi connectivity index (χ4v) is 3.95. The van der Waals surface area contributed by atoms with Gasteiger partial charge in [0.1, 0.15) is 12.2 Å². The molecule has 154 valence electrons. The van der Waals surface area contributed by atoms with Crippen LogP contribution < -0.4 is 14.8 Å². The van der Waals surface area contributed by atoms with E-state index < -0.39 is 17.8 Å².